The van der Waals surface area contributed by atoms with Gasteiger partial charge in [-0.25, -0.2) is 0 Å². The van der Waals surface area contributed by atoms with E-state index in [1.165, 1.54) is 193 Å². The van der Waals surface area contributed by atoms with Crippen molar-refractivity contribution < 1.29 is 25.2 Å². The van der Waals surface area contributed by atoms with Crippen molar-refractivity contribution in [2.45, 2.75) is 301 Å². The van der Waals surface area contributed by atoms with Crippen LogP contribution in [0.2, 0.25) is 0 Å². The van der Waals surface area contributed by atoms with Crippen LogP contribution in [0.3, 0.4) is 0 Å². The summed E-state index contributed by atoms with van der Waals surface area (Å²) in [7, 11) is 0. The van der Waals surface area contributed by atoms with Gasteiger partial charge in [0.25, 0.3) is 0 Å². The molecule has 0 saturated heterocycles. The van der Waals surface area contributed by atoms with Crippen molar-refractivity contribution in [1.29, 1.82) is 0 Å². The Balaban J connectivity index is 3.68. The average molecular weight is 860 g/mol. The summed E-state index contributed by atoms with van der Waals surface area (Å²) in [6.45, 7) is 4.05. The summed E-state index contributed by atoms with van der Waals surface area (Å²) in [6, 6.07) is -1.01. The van der Waals surface area contributed by atoms with Crippen LogP contribution >= 0.6 is 0 Å². The molecule has 4 atom stereocenters. The molecule has 0 fully saturated rings. The van der Waals surface area contributed by atoms with E-state index >= 15 is 0 Å². The molecule has 61 heavy (non-hydrogen) atoms. The number of unbranched alkanes of at least 4 members (excludes halogenated alkanes) is 34. The lowest BCUT2D eigenvalue weighted by Gasteiger charge is -2.27. The first-order valence-electron chi connectivity index (χ1n) is 26.9. The SMILES string of the molecule is CCCCCCCC/C=C\CCCCCCCCC(O)C(=O)NC(CO)C(O)C(O)CCC/C=C/CC/C=C/CCCCCCCCCCCCCCCCCCCCCC. The van der Waals surface area contributed by atoms with Crippen LogP contribution in [0.5, 0.6) is 0 Å². The molecule has 0 aliphatic carbocycles. The van der Waals surface area contributed by atoms with Gasteiger partial charge in [-0.3, -0.25) is 4.79 Å². The first kappa shape index (κ1) is 59.5. The van der Waals surface area contributed by atoms with Crippen molar-refractivity contribution in [2.75, 3.05) is 6.61 Å². The Hall–Kier alpha value is -1.47. The third-order valence-electron chi connectivity index (χ3n) is 12.6. The number of aliphatic hydroxyl groups is 4. The zero-order chi connectivity index (χ0) is 44.5. The number of aliphatic hydroxyl groups excluding tert-OH is 4. The highest BCUT2D eigenvalue weighted by atomic mass is 16.3. The summed E-state index contributed by atoms with van der Waals surface area (Å²) in [5.41, 5.74) is 0. The molecular weight excluding hydrogens is 755 g/mol. The van der Waals surface area contributed by atoms with E-state index in [-0.39, 0.29) is 0 Å². The van der Waals surface area contributed by atoms with Crippen LogP contribution < -0.4 is 5.32 Å². The molecule has 0 radical (unpaired) electrons. The number of amides is 1. The van der Waals surface area contributed by atoms with Crippen LogP contribution in [-0.4, -0.2) is 57.3 Å². The van der Waals surface area contributed by atoms with E-state index in [9.17, 15) is 25.2 Å². The summed E-state index contributed by atoms with van der Waals surface area (Å²) in [5, 5.41) is 43.8. The third kappa shape index (κ3) is 43.6. The topological polar surface area (TPSA) is 110 Å². The number of carbonyl (C=O) groups is 1. The predicted octanol–water partition coefficient (Wildman–Crippen LogP) is 15.2. The minimum atomic E-state index is -1.29. The van der Waals surface area contributed by atoms with Crippen LogP contribution in [0.1, 0.15) is 277 Å². The number of nitrogens with one attached hydrogen (secondary N) is 1. The molecule has 0 aliphatic heterocycles. The van der Waals surface area contributed by atoms with E-state index < -0.39 is 36.9 Å². The lowest BCUT2D eigenvalue weighted by Crippen LogP contribution is -2.53. The van der Waals surface area contributed by atoms with Crippen molar-refractivity contribution in [1.82, 2.24) is 5.32 Å². The highest BCUT2D eigenvalue weighted by molar-refractivity contribution is 5.80. The molecular formula is C55H105NO5. The smallest absolute Gasteiger partial charge is 0.249 e. The quantitative estimate of drug-likeness (QED) is 0.0309. The van der Waals surface area contributed by atoms with Crippen molar-refractivity contribution in [2.24, 2.45) is 0 Å². The highest BCUT2D eigenvalue weighted by Gasteiger charge is 2.28. The molecule has 0 aromatic carbocycles. The van der Waals surface area contributed by atoms with Gasteiger partial charge in [0.15, 0.2) is 0 Å². The molecule has 0 aromatic heterocycles. The lowest BCUT2D eigenvalue weighted by molar-refractivity contribution is -0.132. The summed E-state index contributed by atoms with van der Waals surface area (Å²) in [4.78, 5) is 12.5. The van der Waals surface area contributed by atoms with Crippen molar-refractivity contribution >= 4 is 5.91 Å². The maximum Gasteiger partial charge on any atom is 0.249 e. The van der Waals surface area contributed by atoms with Gasteiger partial charge in [0.05, 0.1) is 18.8 Å². The van der Waals surface area contributed by atoms with E-state index in [1.807, 2.05) is 0 Å². The minimum absolute atomic E-state index is 0.353. The predicted molar refractivity (Wildman–Crippen MR) is 265 cm³/mol. The molecule has 0 heterocycles. The Morgan fingerprint density at radius 3 is 1.03 bits per heavy atom. The van der Waals surface area contributed by atoms with E-state index in [2.05, 4.69) is 55.6 Å². The second-order valence-corrected chi connectivity index (χ2v) is 18.6. The molecule has 6 nitrogen and oxygen atoms in total. The fourth-order valence-corrected chi connectivity index (χ4v) is 8.30. The van der Waals surface area contributed by atoms with Gasteiger partial charge in [0.1, 0.15) is 12.2 Å². The van der Waals surface area contributed by atoms with Gasteiger partial charge in [0, 0.05) is 0 Å². The van der Waals surface area contributed by atoms with Gasteiger partial charge in [-0.15, -0.1) is 0 Å². The normalized spacial score (nSPS) is 14.1. The molecule has 0 saturated carbocycles. The Kier molecular flexibility index (Phi) is 48.3. The zero-order valence-corrected chi connectivity index (χ0v) is 40.7. The Morgan fingerprint density at radius 2 is 0.689 bits per heavy atom. The minimum Gasteiger partial charge on any atom is -0.394 e. The Bertz CT molecular complexity index is 966. The maximum absolute atomic E-state index is 12.5. The van der Waals surface area contributed by atoms with Crippen LogP contribution in [0.15, 0.2) is 36.5 Å². The van der Waals surface area contributed by atoms with E-state index in [0.717, 1.165) is 51.4 Å². The first-order valence-corrected chi connectivity index (χ1v) is 26.9. The third-order valence-corrected chi connectivity index (χ3v) is 12.6. The second kappa shape index (κ2) is 49.5. The van der Waals surface area contributed by atoms with Crippen LogP contribution in [-0.2, 0) is 4.79 Å². The second-order valence-electron chi connectivity index (χ2n) is 18.6. The van der Waals surface area contributed by atoms with Crippen LogP contribution in [0.25, 0.3) is 0 Å². The Morgan fingerprint density at radius 1 is 0.393 bits per heavy atom. The maximum atomic E-state index is 12.5. The Labute approximate surface area is 379 Å². The first-order chi connectivity index (χ1) is 30.0. The number of allylic oxidation sites excluding steroid dienone is 6. The van der Waals surface area contributed by atoms with Gasteiger partial charge in [-0.05, 0) is 77.0 Å². The molecule has 0 spiro atoms. The molecule has 0 bridgehead atoms. The average Bonchev–Trinajstić information content (AvgIpc) is 3.26. The molecule has 5 N–H and O–H groups in total. The number of hydrogen-bond donors (Lipinski definition) is 5. The summed E-state index contributed by atoms with van der Waals surface area (Å²) < 4.78 is 0. The van der Waals surface area contributed by atoms with Gasteiger partial charge < -0.3 is 25.7 Å². The summed E-state index contributed by atoms with van der Waals surface area (Å²) in [5.74, 6) is -0.601. The van der Waals surface area contributed by atoms with Crippen molar-refractivity contribution in [3.8, 4) is 0 Å². The number of carbonyl (C=O) groups excluding carboxylic acids is 1. The van der Waals surface area contributed by atoms with Gasteiger partial charge in [-0.1, -0.05) is 237 Å². The molecule has 360 valence electrons. The lowest BCUT2D eigenvalue weighted by atomic mass is 10.00. The van der Waals surface area contributed by atoms with Crippen LogP contribution in [0, 0.1) is 0 Å². The fourth-order valence-electron chi connectivity index (χ4n) is 8.30. The summed E-state index contributed by atoms with van der Waals surface area (Å²) >= 11 is 0. The highest BCUT2D eigenvalue weighted by Crippen LogP contribution is 2.17. The van der Waals surface area contributed by atoms with E-state index in [1.54, 1.807) is 0 Å². The molecule has 0 aliphatic rings. The van der Waals surface area contributed by atoms with Crippen molar-refractivity contribution in [3.05, 3.63) is 36.5 Å². The van der Waals surface area contributed by atoms with Crippen LogP contribution in [0.4, 0.5) is 0 Å². The van der Waals surface area contributed by atoms with Gasteiger partial charge in [-0.2, -0.15) is 0 Å². The molecule has 0 aromatic rings. The monoisotopic (exact) mass is 860 g/mol. The largest absolute Gasteiger partial charge is 0.394 e. The molecule has 4 unspecified atom stereocenters. The molecule has 1 amide bonds. The zero-order valence-electron chi connectivity index (χ0n) is 40.7. The van der Waals surface area contributed by atoms with E-state index in [0.29, 0.717) is 19.3 Å². The molecule has 6 heteroatoms. The molecule has 0 rings (SSSR count). The number of rotatable bonds is 49. The fraction of sp³-hybridized carbons (Fsp3) is 0.873. The van der Waals surface area contributed by atoms with Crippen molar-refractivity contribution in [3.63, 3.8) is 0 Å². The summed E-state index contributed by atoms with van der Waals surface area (Å²) in [6.07, 6.45) is 60.7. The van der Waals surface area contributed by atoms with Gasteiger partial charge >= 0.3 is 0 Å². The standard InChI is InChI=1S/C55H105NO5/c1-3-5-7-9-11-13-15-17-19-21-22-23-24-25-26-27-28-29-30-31-32-33-35-36-38-40-42-44-46-48-52(58)54(60)51(50-57)56-55(61)53(59)49-47-45-43-41-39-37-34-20-18-16-14-12-10-8-6-4-2/h18,20,33,35,40,42,51-54,57-60H,3-17,19,21-32,34,36-39,41,43-50H2,1-2H3,(H,56,61)/b20-18-,35-33+,42-40+. The van der Waals surface area contributed by atoms with E-state index in [4.69, 9.17) is 0 Å². The number of hydrogen-bond acceptors (Lipinski definition) is 5. The van der Waals surface area contributed by atoms with Gasteiger partial charge in [0.2, 0.25) is 5.91 Å².